The first-order valence-electron chi connectivity index (χ1n) is 9.20. The zero-order valence-electron chi connectivity index (χ0n) is 15.5. The molecule has 7 nitrogen and oxygen atoms in total. The van der Waals surface area contributed by atoms with E-state index in [1.165, 1.54) is 4.57 Å². The Kier molecular flexibility index (Phi) is 4.84. The second-order valence-electron chi connectivity index (χ2n) is 6.91. The number of phenolic OH excluding ortho intramolecular Hbond substituents is 1. The van der Waals surface area contributed by atoms with Crippen molar-refractivity contribution in [3.05, 3.63) is 33.9 Å². The fourth-order valence-corrected chi connectivity index (χ4v) is 4.41. The summed E-state index contributed by atoms with van der Waals surface area (Å²) >= 11 is 1.54. The van der Waals surface area contributed by atoms with E-state index >= 15 is 0 Å². The van der Waals surface area contributed by atoms with Gasteiger partial charge in [0.25, 0.3) is 5.56 Å². The van der Waals surface area contributed by atoms with E-state index in [9.17, 15) is 9.90 Å². The van der Waals surface area contributed by atoms with Crippen molar-refractivity contribution in [3.8, 4) is 17.0 Å². The number of thiophene rings is 1. The van der Waals surface area contributed by atoms with E-state index in [0.717, 1.165) is 42.6 Å². The zero-order valence-corrected chi connectivity index (χ0v) is 16.3. The maximum Gasteiger partial charge on any atom is 0.281 e. The Morgan fingerprint density at radius 1 is 1.33 bits per heavy atom. The third kappa shape index (κ3) is 3.30. The van der Waals surface area contributed by atoms with Gasteiger partial charge in [-0.25, -0.2) is 0 Å². The minimum atomic E-state index is -0.277. The molecule has 0 spiro atoms. The van der Waals surface area contributed by atoms with Crippen molar-refractivity contribution in [2.45, 2.75) is 25.8 Å². The smallest absolute Gasteiger partial charge is 0.281 e. The van der Waals surface area contributed by atoms with Gasteiger partial charge in [0.2, 0.25) is 5.95 Å². The van der Waals surface area contributed by atoms with Crippen LogP contribution in [0.3, 0.4) is 0 Å². The number of nitrogens with one attached hydrogen (secondary N) is 1. The summed E-state index contributed by atoms with van der Waals surface area (Å²) in [6.07, 6.45) is 2.17. The van der Waals surface area contributed by atoms with E-state index in [1.54, 1.807) is 24.5 Å². The zero-order chi connectivity index (χ0) is 19.0. The Morgan fingerprint density at radius 3 is 3.00 bits per heavy atom. The molecule has 3 heterocycles. The largest absolute Gasteiger partial charge is 0.507 e. The van der Waals surface area contributed by atoms with Gasteiger partial charge in [0.05, 0.1) is 5.56 Å². The Morgan fingerprint density at radius 2 is 2.19 bits per heavy atom. The summed E-state index contributed by atoms with van der Waals surface area (Å²) in [7, 11) is 1.68. The third-order valence-electron chi connectivity index (χ3n) is 5.22. The van der Waals surface area contributed by atoms with Gasteiger partial charge in [0.15, 0.2) is 5.69 Å². The standard InChI is InChI=1S/C19H23N5O2S/c1-3-24-9-4-5-12(11-24)20-19-22-21-16(18(26)23(19)2)14-6-7-15-13(17(14)25)8-10-27-15/h6-8,10,12,25H,3-5,9,11H2,1-2H3,(H,20,22)/t12-/m1/s1. The van der Waals surface area contributed by atoms with Crippen LogP contribution in [-0.4, -0.2) is 50.4 Å². The van der Waals surface area contributed by atoms with Gasteiger partial charge in [0.1, 0.15) is 5.75 Å². The van der Waals surface area contributed by atoms with Crippen LogP contribution in [0.25, 0.3) is 21.3 Å². The second kappa shape index (κ2) is 7.28. The lowest BCUT2D eigenvalue weighted by Gasteiger charge is -2.32. The highest BCUT2D eigenvalue weighted by molar-refractivity contribution is 7.17. The minimum Gasteiger partial charge on any atom is -0.507 e. The number of likely N-dealkylation sites (N-methyl/N-ethyl adjacent to an activating group) is 1. The Labute approximate surface area is 161 Å². The first-order chi connectivity index (χ1) is 13.1. The van der Waals surface area contributed by atoms with Crippen LogP contribution in [0.4, 0.5) is 5.95 Å². The lowest BCUT2D eigenvalue weighted by molar-refractivity contribution is 0.226. The maximum atomic E-state index is 12.9. The van der Waals surface area contributed by atoms with Gasteiger partial charge in [-0.05, 0) is 49.5 Å². The molecule has 1 fully saturated rings. The van der Waals surface area contributed by atoms with E-state index in [4.69, 9.17) is 0 Å². The van der Waals surface area contributed by atoms with Crippen molar-refractivity contribution in [3.63, 3.8) is 0 Å². The number of hydrogen-bond acceptors (Lipinski definition) is 7. The fraction of sp³-hybridized carbons (Fsp3) is 0.421. The van der Waals surface area contributed by atoms with Gasteiger partial charge in [-0.3, -0.25) is 9.36 Å². The number of aromatic hydroxyl groups is 1. The summed E-state index contributed by atoms with van der Waals surface area (Å²) in [5.74, 6) is 0.537. The van der Waals surface area contributed by atoms with Crippen molar-refractivity contribution in [2.75, 3.05) is 25.0 Å². The molecule has 1 aliphatic heterocycles. The summed E-state index contributed by atoms with van der Waals surface area (Å²) in [6.45, 7) is 5.22. The topological polar surface area (TPSA) is 83.3 Å². The first kappa shape index (κ1) is 17.9. The molecule has 1 aromatic carbocycles. The van der Waals surface area contributed by atoms with Gasteiger partial charge < -0.3 is 15.3 Å². The average molecular weight is 385 g/mol. The molecular formula is C19H23N5O2S. The second-order valence-corrected chi connectivity index (χ2v) is 7.85. The van der Waals surface area contributed by atoms with Gasteiger partial charge in [0, 0.05) is 29.7 Å². The van der Waals surface area contributed by atoms with Crippen LogP contribution in [0, 0.1) is 0 Å². The number of nitrogens with zero attached hydrogens (tertiary/aromatic N) is 4. The lowest BCUT2D eigenvalue weighted by atomic mass is 10.1. The third-order valence-corrected chi connectivity index (χ3v) is 6.10. The number of phenols is 1. The molecule has 0 saturated carbocycles. The van der Waals surface area contributed by atoms with Gasteiger partial charge in [-0.15, -0.1) is 21.5 Å². The molecule has 2 aromatic heterocycles. The summed E-state index contributed by atoms with van der Waals surface area (Å²) in [5.41, 5.74) is 0.295. The first-order valence-corrected chi connectivity index (χ1v) is 10.1. The van der Waals surface area contributed by atoms with Crippen LogP contribution >= 0.6 is 11.3 Å². The van der Waals surface area contributed by atoms with Crippen molar-refractivity contribution < 1.29 is 5.11 Å². The molecule has 0 amide bonds. The number of benzene rings is 1. The molecule has 142 valence electrons. The van der Waals surface area contributed by atoms with Crippen LogP contribution in [-0.2, 0) is 7.05 Å². The molecule has 1 saturated heterocycles. The predicted molar refractivity (Wildman–Crippen MR) is 109 cm³/mol. The number of likely N-dealkylation sites (tertiary alicyclic amines) is 1. The minimum absolute atomic E-state index is 0.0757. The van der Waals surface area contributed by atoms with Gasteiger partial charge in [-0.2, -0.15) is 0 Å². The summed E-state index contributed by atoms with van der Waals surface area (Å²) in [6, 6.07) is 5.71. The number of fused-ring (bicyclic) bond motifs is 1. The van der Waals surface area contributed by atoms with Crippen molar-refractivity contribution in [1.29, 1.82) is 0 Å². The highest BCUT2D eigenvalue weighted by Crippen LogP contribution is 2.36. The molecule has 27 heavy (non-hydrogen) atoms. The van der Waals surface area contributed by atoms with Crippen LogP contribution in [0.1, 0.15) is 19.8 Å². The molecule has 2 N–H and O–H groups in total. The Hall–Kier alpha value is -2.45. The van der Waals surface area contributed by atoms with Crippen LogP contribution in [0.2, 0.25) is 0 Å². The van der Waals surface area contributed by atoms with Gasteiger partial charge in [-0.1, -0.05) is 6.92 Å². The molecule has 1 atom stereocenters. The molecule has 3 aromatic rings. The quantitative estimate of drug-likeness (QED) is 0.718. The Balaban J connectivity index is 1.65. The van der Waals surface area contributed by atoms with E-state index < -0.39 is 0 Å². The average Bonchev–Trinajstić information content (AvgIpc) is 3.16. The monoisotopic (exact) mass is 385 g/mol. The normalized spacial score (nSPS) is 18.1. The van der Waals surface area contributed by atoms with Crippen LogP contribution < -0.4 is 10.9 Å². The van der Waals surface area contributed by atoms with E-state index in [0.29, 0.717) is 11.5 Å². The van der Waals surface area contributed by atoms with Crippen LogP contribution in [0.15, 0.2) is 28.4 Å². The number of piperidine rings is 1. The van der Waals surface area contributed by atoms with E-state index in [-0.39, 0.29) is 23.0 Å². The van der Waals surface area contributed by atoms with Crippen LogP contribution in [0.5, 0.6) is 5.75 Å². The number of rotatable bonds is 4. The Bertz CT molecular complexity index is 1030. The highest BCUT2D eigenvalue weighted by Gasteiger charge is 2.21. The van der Waals surface area contributed by atoms with E-state index in [2.05, 4.69) is 27.3 Å². The maximum absolute atomic E-state index is 12.9. The fourth-order valence-electron chi connectivity index (χ4n) is 3.62. The summed E-state index contributed by atoms with van der Waals surface area (Å²) in [5, 5.41) is 25.0. The summed E-state index contributed by atoms with van der Waals surface area (Å²) in [4.78, 5) is 15.3. The lowest BCUT2D eigenvalue weighted by Crippen LogP contribution is -2.43. The van der Waals surface area contributed by atoms with Crippen molar-refractivity contribution >= 4 is 27.4 Å². The number of anilines is 1. The van der Waals surface area contributed by atoms with Crippen molar-refractivity contribution in [2.24, 2.45) is 7.05 Å². The molecule has 8 heteroatoms. The van der Waals surface area contributed by atoms with Crippen molar-refractivity contribution in [1.82, 2.24) is 19.7 Å². The molecule has 0 bridgehead atoms. The predicted octanol–water partition coefficient (Wildman–Crippen LogP) is 2.66. The van der Waals surface area contributed by atoms with E-state index in [1.807, 2.05) is 17.5 Å². The highest BCUT2D eigenvalue weighted by atomic mass is 32.1. The summed E-state index contributed by atoms with van der Waals surface area (Å²) < 4.78 is 2.45. The van der Waals surface area contributed by atoms with Gasteiger partial charge >= 0.3 is 0 Å². The number of aromatic nitrogens is 3. The molecule has 4 rings (SSSR count). The SMILES string of the molecule is CCN1CCC[C@@H](Nc2nnc(-c3ccc4sccc4c3O)c(=O)n2C)C1. The molecule has 0 aliphatic carbocycles. The molecule has 1 aliphatic rings. The molecular weight excluding hydrogens is 362 g/mol. The molecule has 0 radical (unpaired) electrons. The molecule has 0 unspecified atom stereocenters. The number of hydrogen-bond donors (Lipinski definition) is 2.